The average Bonchev–Trinajstić information content (AvgIpc) is 2.84. The second-order valence-electron chi connectivity index (χ2n) is 7.13. The van der Waals surface area contributed by atoms with Crippen LogP contribution < -0.4 is 15.4 Å². The van der Waals surface area contributed by atoms with Gasteiger partial charge in [-0.15, -0.1) is 0 Å². The van der Waals surface area contributed by atoms with Gasteiger partial charge in [-0.1, -0.05) is 66.7 Å². The highest BCUT2D eigenvalue weighted by molar-refractivity contribution is 6.05. The molecule has 5 heteroatoms. The van der Waals surface area contributed by atoms with Crippen molar-refractivity contribution in [3.8, 4) is 16.9 Å². The maximum atomic E-state index is 12.4. The molecule has 2 N–H and O–H groups in total. The zero-order valence-corrected chi connectivity index (χ0v) is 17.3. The van der Waals surface area contributed by atoms with Crippen molar-refractivity contribution in [1.29, 1.82) is 0 Å². The maximum Gasteiger partial charge on any atom is 0.262 e. The summed E-state index contributed by atoms with van der Waals surface area (Å²) in [6.45, 7) is -0.134. The highest BCUT2D eigenvalue weighted by Crippen LogP contribution is 2.22. The lowest BCUT2D eigenvalue weighted by Crippen LogP contribution is -2.20. The van der Waals surface area contributed by atoms with E-state index in [9.17, 15) is 9.59 Å². The lowest BCUT2D eigenvalue weighted by atomic mass is 10.1. The first-order valence-electron chi connectivity index (χ1n) is 10.2. The molecule has 0 aliphatic rings. The largest absolute Gasteiger partial charge is 0.484 e. The van der Waals surface area contributed by atoms with Crippen LogP contribution in [0.4, 0.5) is 11.4 Å². The van der Waals surface area contributed by atoms with Gasteiger partial charge in [-0.05, 0) is 53.6 Å². The molecule has 0 saturated carbocycles. The van der Waals surface area contributed by atoms with Crippen molar-refractivity contribution in [2.45, 2.75) is 0 Å². The number of hydrogen-bond donors (Lipinski definition) is 2. The molecule has 32 heavy (non-hydrogen) atoms. The van der Waals surface area contributed by atoms with Crippen LogP contribution in [0.3, 0.4) is 0 Å². The number of benzene rings is 4. The minimum absolute atomic E-state index is 0.134. The van der Waals surface area contributed by atoms with Gasteiger partial charge in [-0.3, -0.25) is 9.59 Å². The minimum Gasteiger partial charge on any atom is -0.484 e. The Morgan fingerprint density at radius 3 is 1.97 bits per heavy atom. The van der Waals surface area contributed by atoms with Gasteiger partial charge in [0.05, 0.1) is 0 Å². The Morgan fingerprint density at radius 1 is 0.625 bits per heavy atom. The Bertz CT molecular complexity index is 1190. The van der Waals surface area contributed by atoms with Crippen molar-refractivity contribution < 1.29 is 14.3 Å². The van der Waals surface area contributed by atoms with Crippen LogP contribution in [0.2, 0.25) is 0 Å². The molecule has 4 aromatic carbocycles. The van der Waals surface area contributed by atoms with Crippen LogP contribution in [-0.4, -0.2) is 18.4 Å². The molecule has 0 saturated heterocycles. The highest BCUT2D eigenvalue weighted by Gasteiger charge is 2.09. The number of hydrogen-bond acceptors (Lipinski definition) is 3. The number of ether oxygens (including phenoxy) is 1. The van der Waals surface area contributed by atoms with Crippen LogP contribution in [0.15, 0.2) is 109 Å². The number of carbonyl (C=O) groups is 2. The van der Waals surface area contributed by atoms with E-state index in [4.69, 9.17) is 4.74 Å². The fourth-order valence-corrected chi connectivity index (χ4v) is 3.18. The van der Waals surface area contributed by atoms with Crippen LogP contribution >= 0.6 is 0 Å². The summed E-state index contributed by atoms with van der Waals surface area (Å²) in [7, 11) is 0. The molecule has 2 amide bonds. The molecule has 4 aromatic rings. The summed E-state index contributed by atoms with van der Waals surface area (Å²) in [6, 6.07) is 33.6. The van der Waals surface area contributed by atoms with Gasteiger partial charge in [0.2, 0.25) is 0 Å². The molecule has 0 fully saturated rings. The second-order valence-corrected chi connectivity index (χ2v) is 7.13. The van der Waals surface area contributed by atoms with Crippen LogP contribution in [-0.2, 0) is 4.79 Å². The van der Waals surface area contributed by atoms with Gasteiger partial charge in [0, 0.05) is 16.9 Å². The zero-order chi connectivity index (χ0) is 22.2. The number of carbonyl (C=O) groups excluding carboxylic acids is 2. The monoisotopic (exact) mass is 422 g/mol. The molecule has 0 unspecified atom stereocenters. The highest BCUT2D eigenvalue weighted by atomic mass is 16.5. The minimum atomic E-state index is -0.308. The first-order chi connectivity index (χ1) is 15.7. The Hall–Kier alpha value is -4.38. The molecular weight excluding hydrogens is 400 g/mol. The summed E-state index contributed by atoms with van der Waals surface area (Å²) in [6.07, 6.45) is 0. The fourth-order valence-electron chi connectivity index (χ4n) is 3.18. The van der Waals surface area contributed by atoms with E-state index in [2.05, 4.69) is 10.6 Å². The third-order valence-corrected chi connectivity index (χ3v) is 4.77. The average molecular weight is 422 g/mol. The Labute approximate surface area is 186 Å². The fraction of sp³-hybridized carbons (Fsp3) is 0.0370. The molecular formula is C27H22N2O3. The Kier molecular flexibility index (Phi) is 6.58. The molecule has 0 aliphatic heterocycles. The Morgan fingerprint density at radius 2 is 1.25 bits per heavy atom. The standard InChI is InChI=1S/C27H22N2O3/c30-26(19-32-25-16-14-21(15-17-25)20-8-3-1-4-9-20)28-24-13-7-10-22(18-24)27(31)29-23-11-5-2-6-12-23/h1-18H,19H2,(H,28,30)(H,29,31). The van der Waals surface area contributed by atoms with E-state index in [0.29, 0.717) is 22.7 Å². The van der Waals surface area contributed by atoms with Gasteiger partial charge in [0.25, 0.3) is 11.8 Å². The lowest BCUT2D eigenvalue weighted by Gasteiger charge is -2.10. The molecule has 158 valence electrons. The van der Waals surface area contributed by atoms with Gasteiger partial charge in [-0.25, -0.2) is 0 Å². The molecule has 0 radical (unpaired) electrons. The first kappa shape index (κ1) is 20.9. The van der Waals surface area contributed by atoms with Crippen LogP contribution in [0.1, 0.15) is 10.4 Å². The van der Waals surface area contributed by atoms with Crippen molar-refractivity contribution in [2.75, 3.05) is 17.2 Å². The molecule has 0 aromatic heterocycles. The van der Waals surface area contributed by atoms with Crippen LogP contribution in [0.25, 0.3) is 11.1 Å². The molecule has 0 atom stereocenters. The topological polar surface area (TPSA) is 67.4 Å². The van der Waals surface area contributed by atoms with E-state index in [1.165, 1.54) is 0 Å². The first-order valence-corrected chi connectivity index (χ1v) is 10.2. The van der Waals surface area contributed by atoms with Gasteiger partial charge in [0.15, 0.2) is 6.61 Å². The molecule has 0 spiro atoms. The van der Waals surface area contributed by atoms with Gasteiger partial charge in [-0.2, -0.15) is 0 Å². The summed E-state index contributed by atoms with van der Waals surface area (Å²) in [5.41, 5.74) is 3.88. The summed E-state index contributed by atoms with van der Waals surface area (Å²) >= 11 is 0. The van der Waals surface area contributed by atoms with Gasteiger partial charge >= 0.3 is 0 Å². The molecule has 0 heterocycles. The zero-order valence-electron chi connectivity index (χ0n) is 17.3. The van der Waals surface area contributed by atoms with Crippen molar-refractivity contribution in [1.82, 2.24) is 0 Å². The number of nitrogens with one attached hydrogen (secondary N) is 2. The number of rotatable bonds is 7. The second kappa shape index (κ2) is 10.1. The molecule has 0 bridgehead atoms. The van der Waals surface area contributed by atoms with E-state index in [0.717, 1.165) is 11.1 Å². The van der Waals surface area contributed by atoms with Crippen LogP contribution in [0.5, 0.6) is 5.75 Å². The molecule has 0 aliphatic carbocycles. The number of anilines is 2. The van der Waals surface area contributed by atoms with Crippen molar-refractivity contribution in [2.24, 2.45) is 0 Å². The third kappa shape index (κ3) is 5.61. The van der Waals surface area contributed by atoms with Crippen molar-refractivity contribution >= 4 is 23.2 Å². The van der Waals surface area contributed by atoms with E-state index >= 15 is 0 Å². The summed E-state index contributed by atoms with van der Waals surface area (Å²) in [5, 5.41) is 5.59. The number of amides is 2. The van der Waals surface area contributed by atoms with Gasteiger partial charge in [0.1, 0.15) is 5.75 Å². The molecule has 5 nitrogen and oxygen atoms in total. The summed E-state index contributed by atoms with van der Waals surface area (Å²) in [4.78, 5) is 24.8. The predicted octanol–water partition coefficient (Wildman–Crippen LogP) is 5.62. The smallest absolute Gasteiger partial charge is 0.262 e. The van der Waals surface area contributed by atoms with Crippen molar-refractivity contribution in [3.05, 3.63) is 115 Å². The summed E-state index contributed by atoms with van der Waals surface area (Å²) < 4.78 is 5.60. The lowest BCUT2D eigenvalue weighted by molar-refractivity contribution is -0.118. The predicted molar refractivity (Wildman–Crippen MR) is 127 cm³/mol. The van der Waals surface area contributed by atoms with Crippen LogP contribution in [0, 0.1) is 0 Å². The van der Waals surface area contributed by atoms with E-state index in [1.807, 2.05) is 84.9 Å². The van der Waals surface area contributed by atoms with E-state index in [1.54, 1.807) is 24.3 Å². The third-order valence-electron chi connectivity index (χ3n) is 4.77. The molecule has 4 rings (SSSR count). The normalized spacial score (nSPS) is 10.2. The quantitative estimate of drug-likeness (QED) is 0.406. The Balaban J connectivity index is 1.31. The number of para-hydroxylation sites is 1. The van der Waals surface area contributed by atoms with E-state index in [-0.39, 0.29) is 18.4 Å². The van der Waals surface area contributed by atoms with Crippen molar-refractivity contribution in [3.63, 3.8) is 0 Å². The maximum absolute atomic E-state index is 12.4. The summed E-state index contributed by atoms with van der Waals surface area (Å²) in [5.74, 6) is 0.0515. The van der Waals surface area contributed by atoms with E-state index < -0.39 is 0 Å². The van der Waals surface area contributed by atoms with Gasteiger partial charge < -0.3 is 15.4 Å². The SMILES string of the molecule is O=C(COc1ccc(-c2ccccc2)cc1)Nc1cccc(C(=O)Nc2ccccc2)c1.